The Labute approximate surface area is 124 Å². The van der Waals surface area contributed by atoms with Gasteiger partial charge in [0.2, 0.25) is 0 Å². The number of hydroxylamine groups is 1. The van der Waals surface area contributed by atoms with E-state index in [9.17, 15) is 9.59 Å². The van der Waals surface area contributed by atoms with Crippen molar-refractivity contribution in [3.63, 3.8) is 0 Å². The molecule has 0 saturated carbocycles. The number of urea groups is 1. The first-order chi connectivity index (χ1) is 9.97. The zero-order chi connectivity index (χ0) is 15.8. The second-order valence-electron chi connectivity index (χ2n) is 4.74. The first-order valence-corrected chi connectivity index (χ1v) is 6.77. The number of hydrogen-bond acceptors (Lipinski definition) is 3. The fourth-order valence-corrected chi connectivity index (χ4v) is 1.83. The molecule has 1 unspecified atom stereocenters. The van der Waals surface area contributed by atoms with Gasteiger partial charge in [0.25, 0.3) is 5.91 Å². The van der Waals surface area contributed by atoms with Crippen LogP contribution in [-0.4, -0.2) is 17.1 Å². The summed E-state index contributed by atoms with van der Waals surface area (Å²) in [5.41, 5.74) is 3.44. The third-order valence-corrected chi connectivity index (χ3v) is 2.96. The molecular formula is C15H21N3O3. The standard InChI is InChI=1S/C15H21N3O3/c1-4-5-10(2)16-15(20)17-11(3)12-6-8-13(9-7-12)14(19)18-21/h6-9,11,21H,2,4-5H2,1,3H3,(H,18,19)(H2,16,17,20). The Morgan fingerprint density at radius 3 is 2.43 bits per heavy atom. The highest BCUT2D eigenvalue weighted by molar-refractivity contribution is 5.93. The van der Waals surface area contributed by atoms with Gasteiger partial charge in [0.1, 0.15) is 0 Å². The number of hydrogen-bond donors (Lipinski definition) is 4. The highest BCUT2D eigenvalue weighted by atomic mass is 16.5. The monoisotopic (exact) mass is 291 g/mol. The Kier molecular flexibility index (Phi) is 6.42. The molecule has 0 spiro atoms. The summed E-state index contributed by atoms with van der Waals surface area (Å²) in [5.74, 6) is -0.573. The molecule has 0 aliphatic rings. The summed E-state index contributed by atoms with van der Waals surface area (Å²) >= 11 is 0. The van der Waals surface area contributed by atoms with E-state index in [0.717, 1.165) is 18.4 Å². The summed E-state index contributed by atoms with van der Waals surface area (Å²) in [4.78, 5) is 23.0. The minimum absolute atomic E-state index is 0.217. The van der Waals surface area contributed by atoms with E-state index in [-0.39, 0.29) is 12.1 Å². The second kappa shape index (κ2) is 8.06. The van der Waals surface area contributed by atoms with Gasteiger partial charge in [-0.15, -0.1) is 0 Å². The first kappa shape index (κ1) is 16.7. The molecule has 3 amide bonds. The van der Waals surface area contributed by atoms with Crippen molar-refractivity contribution in [2.45, 2.75) is 32.7 Å². The van der Waals surface area contributed by atoms with Crippen LogP contribution in [-0.2, 0) is 0 Å². The summed E-state index contributed by atoms with van der Waals surface area (Å²) in [6, 6.07) is 6.07. The molecule has 1 aromatic rings. The highest BCUT2D eigenvalue weighted by Gasteiger charge is 2.11. The third-order valence-electron chi connectivity index (χ3n) is 2.96. The maximum absolute atomic E-state index is 11.8. The van der Waals surface area contributed by atoms with E-state index in [0.29, 0.717) is 11.3 Å². The largest absolute Gasteiger partial charge is 0.331 e. The van der Waals surface area contributed by atoms with Crippen LogP contribution in [0.15, 0.2) is 36.5 Å². The maximum atomic E-state index is 11.8. The summed E-state index contributed by atoms with van der Waals surface area (Å²) in [6.45, 7) is 7.61. The molecule has 1 rings (SSSR count). The number of benzene rings is 1. The minimum Gasteiger partial charge on any atom is -0.331 e. The smallest absolute Gasteiger partial charge is 0.319 e. The lowest BCUT2D eigenvalue weighted by Crippen LogP contribution is -2.36. The lowest BCUT2D eigenvalue weighted by atomic mass is 10.1. The van der Waals surface area contributed by atoms with Crippen molar-refractivity contribution in [3.05, 3.63) is 47.7 Å². The molecule has 1 atom stereocenters. The molecule has 4 N–H and O–H groups in total. The van der Waals surface area contributed by atoms with E-state index in [1.807, 2.05) is 13.8 Å². The molecular weight excluding hydrogens is 270 g/mol. The molecule has 0 heterocycles. The highest BCUT2D eigenvalue weighted by Crippen LogP contribution is 2.13. The molecule has 6 heteroatoms. The molecule has 0 aliphatic heterocycles. The van der Waals surface area contributed by atoms with E-state index >= 15 is 0 Å². The van der Waals surface area contributed by atoms with E-state index < -0.39 is 5.91 Å². The van der Waals surface area contributed by atoms with Gasteiger partial charge in [0.15, 0.2) is 0 Å². The molecule has 114 valence electrons. The topological polar surface area (TPSA) is 90.5 Å². The number of rotatable bonds is 6. The van der Waals surface area contributed by atoms with E-state index in [4.69, 9.17) is 5.21 Å². The molecule has 1 aromatic carbocycles. The first-order valence-electron chi connectivity index (χ1n) is 6.77. The quantitative estimate of drug-likeness (QED) is 0.479. The van der Waals surface area contributed by atoms with Crippen LogP contribution < -0.4 is 16.1 Å². The van der Waals surface area contributed by atoms with Crippen molar-refractivity contribution in [2.75, 3.05) is 0 Å². The van der Waals surface area contributed by atoms with Crippen molar-refractivity contribution >= 4 is 11.9 Å². The van der Waals surface area contributed by atoms with Gasteiger partial charge < -0.3 is 10.6 Å². The normalized spacial score (nSPS) is 11.4. The van der Waals surface area contributed by atoms with Crippen LogP contribution >= 0.6 is 0 Å². The number of nitrogens with one attached hydrogen (secondary N) is 3. The van der Waals surface area contributed by atoms with Crippen LogP contribution in [0.3, 0.4) is 0 Å². The van der Waals surface area contributed by atoms with Crippen molar-refractivity contribution in [1.29, 1.82) is 0 Å². The van der Waals surface area contributed by atoms with Gasteiger partial charge in [-0.2, -0.15) is 0 Å². The van der Waals surface area contributed by atoms with Gasteiger partial charge in [0.05, 0.1) is 6.04 Å². The zero-order valence-electron chi connectivity index (χ0n) is 12.3. The predicted molar refractivity (Wildman–Crippen MR) is 79.8 cm³/mol. The molecule has 0 radical (unpaired) electrons. The van der Waals surface area contributed by atoms with Crippen LogP contribution in [0.5, 0.6) is 0 Å². The van der Waals surface area contributed by atoms with Gasteiger partial charge in [0, 0.05) is 11.3 Å². The van der Waals surface area contributed by atoms with Crippen molar-refractivity contribution in [1.82, 2.24) is 16.1 Å². The summed E-state index contributed by atoms with van der Waals surface area (Å²) in [7, 11) is 0. The Morgan fingerprint density at radius 1 is 1.29 bits per heavy atom. The molecule has 0 bridgehead atoms. The summed E-state index contributed by atoms with van der Waals surface area (Å²) in [6.07, 6.45) is 1.66. The van der Waals surface area contributed by atoms with Crippen LogP contribution in [0.1, 0.15) is 48.7 Å². The number of carbonyl (C=O) groups excluding carboxylic acids is 2. The molecule has 0 aliphatic carbocycles. The van der Waals surface area contributed by atoms with Crippen molar-refractivity contribution in [3.8, 4) is 0 Å². The zero-order valence-corrected chi connectivity index (χ0v) is 12.3. The third kappa shape index (κ3) is 5.27. The van der Waals surface area contributed by atoms with Crippen LogP contribution in [0.4, 0.5) is 4.79 Å². The van der Waals surface area contributed by atoms with Crippen molar-refractivity contribution < 1.29 is 14.8 Å². The average molecular weight is 291 g/mol. The second-order valence-corrected chi connectivity index (χ2v) is 4.74. The molecule has 0 fully saturated rings. The fraction of sp³-hybridized carbons (Fsp3) is 0.333. The molecule has 6 nitrogen and oxygen atoms in total. The van der Waals surface area contributed by atoms with Gasteiger partial charge in [-0.05, 0) is 31.0 Å². The van der Waals surface area contributed by atoms with Gasteiger partial charge in [-0.25, -0.2) is 10.3 Å². The Bertz CT molecular complexity index is 511. The SMILES string of the molecule is C=C(CCC)NC(=O)NC(C)c1ccc(C(=O)NO)cc1. The number of amides is 3. The number of carbonyl (C=O) groups is 2. The Morgan fingerprint density at radius 2 is 1.90 bits per heavy atom. The minimum atomic E-state index is -0.573. The molecule has 0 saturated heterocycles. The molecule has 0 aromatic heterocycles. The lowest BCUT2D eigenvalue weighted by molar-refractivity contribution is 0.0706. The lowest BCUT2D eigenvalue weighted by Gasteiger charge is -2.16. The summed E-state index contributed by atoms with van der Waals surface area (Å²) < 4.78 is 0. The van der Waals surface area contributed by atoms with Crippen LogP contribution in [0.2, 0.25) is 0 Å². The van der Waals surface area contributed by atoms with E-state index in [1.165, 1.54) is 0 Å². The van der Waals surface area contributed by atoms with Gasteiger partial charge in [-0.1, -0.05) is 32.1 Å². The van der Waals surface area contributed by atoms with Crippen LogP contribution in [0, 0.1) is 0 Å². The number of allylic oxidation sites excluding steroid dienone is 1. The fourth-order valence-electron chi connectivity index (χ4n) is 1.83. The van der Waals surface area contributed by atoms with Gasteiger partial charge in [-0.3, -0.25) is 10.0 Å². The van der Waals surface area contributed by atoms with E-state index in [2.05, 4.69) is 17.2 Å². The predicted octanol–water partition coefficient (Wildman–Crippen LogP) is 2.48. The van der Waals surface area contributed by atoms with Gasteiger partial charge >= 0.3 is 6.03 Å². The van der Waals surface area contributed by atoms with E-state index in [1.54, 1.807) is 29.7 Å². The molecule has 21 heavy (non-hydrogen) atoms. The Balaban J connectivity index is 2.59. The maximum Gasteiger partial charge on any atom is 0.319 e. The van der Waals surface area contributed by atoms with Crippen LogP contribution in [0.25, 0.3) is 0 Å². The average Bonchev–Trinajstić information content (AvgIpc) is 2.46. The summed E-state index contributed by atoms with van der Waals surface area (Å²) in [5, 5.41) is 14.0. The van der Waals surface area contributed by atoms with Crippen molar-refractivity contribution in [2.24, 2.45) is 0 Å². The Hall–Kier alpha value is -2.34.